The van der Waals surface area contributed by atoms with Gasteiger partial charge in [0.2, 0.25) is 10.0 Å². The Morgan fingerprint density at radius 3 is 2.58 bits per heavy atom. The highest BCUT2D eigenvalue weighted by Crippen LogP contribution is 2.22. The first-order valence-corrected chi connectivity index (χ1v) is 7.59. The Morgan fingerprint density at radius 1 is 1.47 bits per heavy atom. The van der Waals surface area contributed by atoms with Gasteiger partial charge in [0.05, 0.1) is 16.7 Å². The quantitative estimate of drug-likeness (QED) is 0.861. The van der Waals surface area contributed by atoms with Crippen molar-refractivity contribution in [2.45, 2.75) is 24.8 Å². The summed E-state index contributed by atoms with van der Waals surface area (Å²) in [5.74, 6) is 0.166. The first-order valence-electron chi connectivity index (χ1n) is 5.73. The van der Waals surface area contributed by atoms with E-state index in [-0.39, 0.29) is 28.4 Å². The van der Waals surface area contributed by atoms with Gasteiger partial charge < -0.3 is 5.73 Å². The SMILES string of the molecule is CC(C)C(N)CNS(=O)(=O)c1ccc(C#N)cc1Cl. The van der Waals surface area contributed by atoms with E-state index in [0.29, 0.717) is 5.56 Å². The largest absolute Gasteiger partial charge is 0.326 e. The van der Waals surface area contributed by atoms with Crippen molar-refractivity contribution in [1.82, 2.24) is 4.72 Å². The van der Waals surface area contributed by atoms with Gasteiger partial charge in [-0.15, -0.1) is 0 Å². The Morgan fingerprint density at radius 2 is 2.11 bits per heavy atom. The van der Waals surface area contributed by atoms with Gasteiger partial charge in [0.15, 0.2) is 0 Å². The van der Waals surface area contributed by atoms with Crippen molar-refractivity contribution in [3.63, 3.8) is 0 Å². The van der Waals surface area contributed by atoms with Gasteiger partial charge in [-0.2, -0.15) is 5.26 Å². The first kappa shape index (κ1) is 15.9. The third kappa shape index (κ3) is 4.18. The molecule has 1 rings (SSSR count). The van der Waals surface area contributed by atoms with Gasteiger partial charge >= 0.3 is 0 Å². The Balaban J connectivity index is 2.93. The zero-order chi connectivity index (χ0) is 14.6. The molecule has 0 bridgehead atoms. The smallest absolute Gasteiger partial charge is 0.242 e. The van der Waals surface area contributed by atoms with Crippen LogP contribution in [0.3, 0.4) is 0 Å². The van der Waals surface area contributed by atoms with Gasteiger partial charge in [0, 0.05) is 12.6 Å². The van der Waals surface area contributed by atoms with Crippen molar-refractivity contribution in [3.8, 4) is 6.07 Å². The van der Waals surface area contributed by atoms with Crippen LogP contribution in [-0.4, -0.2) is 21.0 Å². The van der Waals surface area contributed by atoms with Crippen molar-refractivity contribution < 1.29 is 8.42 Å². The number of rotatable bonds is 5. The number of nitrogens with two attached hydrogens (primary N) is 1. The Bertz CT molecular complexity index is 593. The lowest BCUT2D eigenvalue weighted by molar-refractivity contribution is 0.481. The number of nitrogens with one attached hydrogen (secondary N) is 1. The summed E-state index contributed by atoms with van der Waals surface area (Å²) in [7, 11) is -3.72. The molecule has 1 aromatic carbocycles. The van der Waals surface area contributed by atoms with Gasteiger partial charge in [-0.05, 0) is 24.1 Å². The minimum absolute atomic E-state index is 0.0182. The van der Waals surface area contributed by atoms with E-state index in [1.165, 1.54) is 18.2 Å². The van der Waals surface area contributed by atoms with Crippen LogP contribution in [0.5, 0.6) is 0 Å². The summed E-state index contributed by atoms with van der Waals surface area (Å²) in [4.78, 5) is -0.0517. The van der Waals surface area contributed by atoms with E-state index >= 15 is 0 Å². The average molecular weight is 302 g/mol. The van der Waals surface area contributed by atoms with Crippen LogP contribution >= 0.6 is 11.6 Å². The fraction of sp³-hybridized carbons (Fsp3) is 0.417. The van der Waals surface area contributed by atoms with E-state index in [4.69, 9.17) is 22.6 Å². The zero-order valence-corrected chi connectivity index (χ0v) is 12.3. The fourth-order valence-electron chi connectivity index (χ4n) is 1.31. The summed E-state index contributed by atoms with van der Waals surface area (Å²) in [5.41, 5.74) is 6.09. The van der Waals surface area contributed by atoms with Gasteiger partial charge in [-0.25, -0.2) is 13.1 Å². The van der Waals surface area contributed by atoms with Crippen molar-refractivity contribution in [3.05, 3.63) is 28.8 Å². The summed E-state index contributed by atoms with van der Waals surface area (Å²) in [6.07, 6.45) is 0. The number of sulfonamides is 1. The molecule has 7 heteroatoms. The Labute approximate surface area is 118 Å². The molecule has 0 aromatic heterocycles. The van der Waals surface area contributed by atoms with Crippen LogP contribution in [0, 0.1) is 17.2 Å². The van der Waals surface area contributed by atoms with Crippen molar-refractivity contribution in [1.29, 1.82) is 5.26 Å². The topological polar surface area (TPSA) is 96.0 Å². The van der Waals surface area contributed by atoms with Crippen molar-refractivity contribution in [2.24, 2.45) is 11.7 Å². The summed E-state index contributed by atoms with van der Waals surface area (Å²) >= 11 is 5.87. The second kappa shape index (κ2) is 6.35. The Hall–Kier alpha value is -1.13. The summed E-state index contributed by atoms with van der Waals surface area (Å²) < 4.78 is 26.5. The van der Waals surface area contributed by atoms with Crippen LogP contribution in [0.25, 0.3) is 0 Å². The number of hydrogen-bond donors (Lipinski definition) is 2. The lowest BCUT2D eigenvalue weighted by Gasteiger charge is -2.16. The first-order chi connectivity index (χ1) is 8.77. The third-order valence-corrected chi connectivity index (χ3v) is 4.62. The molecule has 0 heterocycles. The highest BCUT2D eigenvalue weighted by Gasteiger charge is 2.19. The van der Waals surface area contributed by atoms with Crippen LogP contribution in [0.2, 0.25) is 5.02 Å². The van der Waals surface area contributed by atoms with Crippen LogP contribution in [0.4, 0.5) is 0 Å². The molecular weight excluding hydrogens is 286 g/mol. The predicted molar refractivity (Wildman–Crippen MR) is 74.2 cm³/mol. The fourth-order valence-corrected chi connectivity index (χ4v) is 2.92. The van der Waals surface area contributed by atoms with Gasteiger partial charge in [0.25, 0.3) is 0 Å². The number of nitriles is 1. The molecule has 1 unspecified atom stereocenters. The molecule has 3 N–H and O–H groups in total. The molecule has 1 aromatic rings. The lowest BCUT2D eigenvalue weighted by Crippen LogP contribution is -2.40. The van der Waals surface area contributed by atoms with Crippen LogP contribution in [0.1, 0.15) is 19.4 Å². The molecule has 0 fully saturated rings. The highest BCUT2D eigenvalue weighted by molar-refractivity contribution is 7.89. The molecule has 0 aliphatic carbocycles. The number of nitrogens with zero attached hydrogens (tertiary/aromatic N) is 1. The Kier molecular flexibility index (Phi) is 5.32. The van der Waals surface area contributed by atoms with E-state index in [1.807, 2.05) is 19.9 Å². The standard InChI is InChI=1S/C12H16ClN3O2S/c1-8(2)11(15)7-16-19(17,18)12-4-3-9(6-14)5-10(12)13/h3-5,8,11,16H,7,15H2,1-2H3. The van der Waals surface area contributed by atoms with E-state index in [9.17, 15) is 8.42 Å². The van der Waals surface area contributed by atoms with Crippen molar-refractivity contribution in [2.75, 3.05) is 6.54 Å². The van der Waals surface area contributed by atoms with Crippen LogP contribution in [0.15, 0.2) is 23.1 Å². The molecule has 19 heavy (non-hydrogen) atoms. The summed E-state index contributed by atoms with van der Waals surface area (Å²) in [6, 6.07) is 5.65. The lowest BCUT2D eigenvalue weighted by atomic mass is 10.1. The van der Waals surface area contributed by atoms with Crippen molar-refractivity contribution >= 4 is 21.6 Å². The van der Waals surface area contributed by atoms with E-state index in [1.54, 1.807) is 0 Å². The average Bonchev–Trinajstić information content (AvgIpc) is 2.35. The molecule has 0 aliphatic heterocycles. The van der Waals surface area contributed by atoms with E-state index in [0.717, 1.165) is 0 Å². The van der Waals surface area contributed by atoms with E-state index < -0.39 is 10.0 Å². The van der Waals surface area contributed by atoms with Gasteiger partial charge in [-0.1, -0.05) is 25.4 Å². The molecule has 0 spiro atoms. The molecule has 1 atom stereocenters. The van der Waals surface area contributed by atoms with Gasteiger partial charge in [-0.3, -0.25) is 0 Å². The van der Waals surface area contributed by atoms with E-state index in [2.05, 4.69) is 4.72 Å². The zero-order valence-electron chi connectivity index (χ0n) is 10.7. The molecule has 104 valence electrons. The van der Waals surface area contributed by atoms with Gasteiger partial charge in [0.1, 0.15) is 4.90 Å². The number of halogens is 1. The second-order valence-corrected chi connectivity index (χ2v) is 6.66. The second-order valence-electron chi connectivity index (χ2n) is 4.52. The number of hydrogen-bond acceptors (Lipinski definition) is 4. The maximum absolute atomic E-state index is 12.0. The monoisotopic (exact) mass is 301 g/mol. The minimum atomic E-state index is -3.72. The number of benzene rings is 1. The molecular formula is C12H16ClN3O2S. The maximum Gasteiger partial charge on any atom is 0.242 e. The molecule has 0 saturated carbocycles. The summed E-state index contributed by atoms with van der Waals surface area (Å²) in [6.45, 7) is 3.96. The van der Waals surface area contributed by atoms with Crippen LogP contribution < -0.4 is 10.5 Å². The summed E-state index contributed by atoms with van der Waals surface area (Å²) in [5, 5.41) is 8.72. The molecule has 0 amide bonds. The molecule has 0 radical (unpaired) electrons. The van der Waals surface area contributed by atoms with Crippen LogP contribution in [-0.2, 0) is 10.0 Å². The highest BCUT2D eigenvalue weighted by atomic mass is 35.5. The predicted octanol–water partition coefficient (Wildman–Crippen LogP) is 1.47. The molecule has 0 saturated heterocycles. The maximum atomic E-state index is 12.0. The normalized spacial score (nSPS) is 13.3. The minimum Gasteiger partial charge on any atom is -0.326 e. The molecule has 0 aliphatic rings. The molecule has 5 nitrogen and oxygen atoms in total. The third-order valence-electron chi connectivity index (χ3n) is 2.72.